The topological polar surface area (TPSA) is 0 Å². The van der Waals surface area contributed by atoms with E-state index in [0.717, 1.165) is 0 Å². The molecule has 0 saturated heterocycles. The molecule has 1 aliphatic carbocycles. The lowest BCUT2D eigenvalue weighted by Crippen LogP contribution is -2.69. The van der Waals surface area contributed by atoms with Gasteiger partial charge in [-0.3, -0.25) is 0 Å². The van der Waals surface area contributed by atoms with Gasteiger partial charge in [0.15, 0.2) is 0 Å². The summed E-state index contributed by atoms with van der Waals surface area (Å²) in [5.41, 5.74) is -5.82. The Morgan fingerprint density at radius 3 is 0.790 bits per heavy atom. The van der Waals surface area contributed by atoms with E-state index >= 15 is 17.6 Å². The van der Waals surface area contributed by atoms with Crippen molar-refractivity contribution in [3.63, 3.8) is 0 Å². The fourth-order valence-electron chi connectivity index (χ4n) is 4.99. The summed E-state index contributed by atoms with van der Waals surface area (Å²) in [6.07, 6.45) is -15.7. The molecular weight excluding hydrogens is 1030 g/mol. The van der Waals surface area contributed by atoms with Crippen molar-refractivity contribution in [1.82, 2.24) is 0 Å². The molecule has 0 spiro atoms. The third-order valence-electron chi connectivity index (χ3n) is 8.47. The molecule has 0 atom stereocenters. The second-order valence-corrected chi connectivity index (χ2v) is 15.5. The quantitative estimate of drug-likeness (QED) is 0.159. The summed E-state index contributed by atoms with van der Waals surface area (Å²) >= 11 is -4.02. The van der Waals surface area contributed by atoms with E-state index in [1.54, 1.807) is 0 Å². The second-order valence-electron chi connectivity index (χ2n) is 12.3. The number of hydrogen-bond acceptors (Lipinski definition) is 3. The molecule has 0 nitrogen and oxygen atoms in total. The van der Waals surface area contributed by atoms with Crippen LogP contribution in [0.2, 0.25) is 0 Å². The van der Waals surface area contributed by atoms with E-state index < -0.39 is 188 Å². The number of rotatable bonds is 12. The number of halogens is 32. The number of hydrogen-bond donors (Lipinski definition) is 0. The first kappa shape index (κ1) is 51.5. The van der Waals surface area contributed by atoms with Crippen LogP contribution in [0, 0.1) is 0 Å². The van der Waals surface area contributed by atoms with Gasteiger partial charge in [0, 0.05) is 9.75 Å². The number of alkyl halides is 32. The Labute approximate surface area is 328 Å². The van der Waals surface area contributed by atoms with Crippen LogP contribution in [0.5, 0.6) is 0 Å². The molecule has 0 fully saturated rings. The van der Waals surface area contributed by atoms with Crippen LogP contribution >= 0.6 is 34.0 Å². The summed E-state index contributed by atoms with van der Waals surface area (Å²) in [6.45, 7) is 0. The lowest BCUT2D eigenvalue weighted by molar-refractivity contribution is -0.441. The molecule has 0 N–H and O–H groups in total. The maximum atomic E-state index is 15.0. The Hall–Kier alpha value is -3.14. The van der Waals surface area contributed by atoms with Crippen molar-refractivity contribution in [3.8, 4) is 19.5 Å². The summed E-state index contributed by atoms with van der Waals surface area (Å²) in [5.74, 6) is -101. The van der Waals surface area contributed by atoms with E-state index in [9.17, 15) is 123 Å². The van der Waals surface area contributed by atoms with Gasteiger partial charge >= 0.3 is 89.3 Å². The molecule has 62 heavy (non-hydrogen) atoms. The second kappa shape index (κ2) is 13.5. The highest BCUT2D eigenvalue weighted by Crippen LogP contribution is 2.71. The maximum Gasteiger partial charge on any atom is 0.460 e. The van der Waals surface area contributed by atoms with Gasteiger partial charge in [0.05, 0.1) is 30.6 Å². The highest BCUT2D eigenvalue weighted by molar-refractivity contribution is 7.27. The molecule has 1 aliphatic rings. The van der Waals surface area contributed by atoms with Gasteiger partial charge in [0.2, 0.25) is 0 Å². The molecule has 0 unspecified atom stereocenters. The van der Waals surface area contributed by atoms with Crippen LogP contribution in [0.15, 0.2) is 24.3 Å². The van der Waals surface area contributed by atoms with E-state index in [0.29, 0.717) is 0 Å². The summed E-state index contributed by atoms with van der Waals surface area (Å²) in [5, 5.41) is 0. The van der Waals surface area contributed by atoms with Gasteiger partial charge in [0.1, 0.15) is 0 Å². The van der Waals surface area contributed by atoms with Crippen molar-refractivity contribution in [2.45, 2.75) is 89.3 Å². The largest absolute Gasteiger partial charge is 0.460 e. The first-order valence-electron chi connectivity index (χ1n) is 14.3. The highest BCUT2D eigenvalue weighted by Gasteiger charge is 2.92. The van der Waals surface area contributed by atoms with Crippen LogP contribution in [0.3, 0.4) is 0 Å². The predicted octanol–water partition coefficient (Wildman–Crippen LogP) is 15.4. The number of fused-ring (bicyclic) bond motifs is 1. The maximum absolute atomic E-state index is 15.0. The minimum Gasteiger partial charge on any atom is -0.194 e. The molecule has 0 aromatic carbocycles. The molecule has 3 heterocycles. The van der Waals surface area contributed by atoms with E-state index in [2.05, 4.69) is 0 Å². The molecule has 3 aromatic rings. The first-order valence-corrected chi connectivity index (χ1v) is 16.8. The Balaban J connectivity index is 1.93. The van der Waals surface area contributed by atoms with E-state index in [1.165, 1.54) is 0 Å². The predicted molar refractivity (Wildman–Crippen MR) is 143 cm³/mol. The minimum absolute atomic E-state index is 0.418. The SMILES string of the molecule is FC(F)(F)C(F)(F)C(F)(F)C(F)(F)C(F)(F)C(F)(F)c1ccc(-c2sc(-c3ccc(C(F)(F)C(F)(F)C(F)(F)C(F)(F)C(F)(F)C(F)(F)F)s3)c3c2C(F)(F)C(F)(F)C3(F)F)s1. The molecule has 0 bridgehead atoms. The molecule has 354 valence electrons. The summed E-state index contributed by atoms with van der Waals surface area (Å²) in [6, 6.07) is -2.38. The number of thiophene rings is 3. The zero-order valence-corrected chi connectivity index (χ0v) is 29.6. The van der Waals surface area contributed by atoms with Gasteiger partial charge in [-0.1, -0.05) is 0 Å². The molecule has 0 radical (unpaired) electrons. The van der Waals surface area contributed by atoms with E-state index in [4.69, 9.17) is 0 Å². The zero-order valence-electron chi connectivity index (χ0n) is 27.1. The van der Waals surface area contributed by atoms with E-state index in [1.807, 2.05) is 0 Å². The van der Waals surface area contributed by atoms with Crippen LogP contribution in [-0.4, -0.2) is 65.7 Å². The van der Waals surface area contributed by atoms with Gasteiger partial charge in [-0.25, -0.2) is 0 Å². The molecular formula is C27H4F32S3. The molecule has 3 aromatic heterocycles. The van der Waals surface area contributed by atoms with Crippen molar-refractivity contribution in [1.29, 1.82) is 0 Å². The average Bonchev–Trinajstić information content (AvgIpc) is 3.86. The fraction of sp³-hybridized carbons (Fsp3) is 0.556. The van der Waals surface area contributed by atoms with Gasteiger partial charge in [-0.2, -0.15) is 140 Å². The minimum atomic E-state index is -8.49. The van der Waals surface area contributed by atoms with Crippen molar-refractivity contribution in [3.05, 3.63) is 45.1 Å². The van der Waals surface area contributed by atoms with Crippen molar-refractivity contribution < 1.29 is 140 Å². The summed E-state index contributed by atoms with van der Waals surface area (Å²) in [7, 11) is 0. The van der Waals surface area contributed by atoms with Crippen LogP contribution in [0.1, 0.15) is 20.9 Å². The molecule has 35 heteroatoms. The standard InChI is InChI=1S/C27H4F32S3/c28-13(29,18(38,39)20(42,43)22(46,47)24(50,51)26(54,55)56)7-3-1-5(60-7)11-9-10(16(34,35)17(36,37)15(9,32)33)12(62-11)6-2-4-8(61-6)14(30,31)19(40,41)21(44,45)23(48,49)25(52,53)27(57,58)59/h1-4H. The van der Waals surface area contributed by atoms with Crippen LogP contribution in [-0.2, 0) is 23.7 Å². The summed E-state index contributed by atoms with van der Waals surface area (Å²) < 4.78 is 444. The van der Waals surface area contributed by atoms with Gasteiger partial charge in [-0.15, -0.1) is 34.0 Å². The van der Waals surface area contributed by atoms with Gasteiger partial charge in [-0.05, 0) is 24.3 Å². The summed E-state index contributed by atoms with van der Waals surface area (Å²) in [4.78, 5) is -14.0. The molecule has 0 saturated carbocycles. The zero-order chi connectivity index (χ0) is 49.1. The van der Waals surface area contributed by atoms with Crippen molar-refractivity contribution in [2.75, 3.05) is 0 Å². The third kappa shape index (κ3) is 6.08. The Kier molecular flexibility index (Phi) is 11.2. The lowest BCUT2D eigenvalue weighted by atomic mass is 9.93. The molecule has 4 rings (SSSR count). The highest BCUT2D eigenvalue weighted by atomic mass is 32.1. The Morgan fingerprint density at radius 1 is 0.306 bits per heavy atom. The monoisotopic (exact) mass is 1030 g/mol. The van der Waals surface area contributed by atoms with E-state index in [-0.39, 0.29) is 0 Å². The normalized spacial score (nSPS) is 18.7. The van der Waals surface area contributed by atoms with Gasteiger partial charge in [0.25, 0.3) is 0 Å². The van der Waals surface area contributed by atoms with Crippen LogP contribution < -0.4 is 0 Å². The Bertz CT molecular complexity index is 2040. The third-order valence-corrected chi connectivity index (χ3v) is 12.3. The van der Waals surface area contributed by atoms with Crippen molar-refractivity contribution in [2.24, 2.45) is 0 Å². The lowest BCUT2D eigenvalue weighted by Gasteiger charge is -2.39. The van der Waals surface area contributed by atoms with Gasteiger partial charge < -0.3 is 0 Å². The van der Waals surface area contributed by atoms with Crippen LogP contribution in [0.4, 0.5) is 140 Å². The van der Waals surface area contributed by atoms with Crippen LogP contribution in [0.25, 0.3) is 19.5 Å². The van der Waals surface area contributed by atoms with Crippen molar-refractivity contribution >= 4 is 34.0 Å². The first-order chi connectivity index (χ1) is 26.9. The smallest absolute Gasteiger partial charge is 0.194 e. The fourth-order valence-corrected chi connectivity index (χ4v) is 8.62. The Morgan fingerprint density at radius 2 is 0.548 bits per heavy atom. The molecule has 0 amide bonds. The molecule has 0 aliphatic heterocycles. The average molecular weight is 1030 g/mol.